The van der Waals surface area contributed by atoms with Crippen LogP contribution < -0.4 is 0 Å². The lowest BCUT2D eigenvalue weighted by Crippen LogP contribution is -1.86. The van der Waals surface area contributed by atoms with Crippen LogP contribution in [0.4, 0.5) is 0 Å². The van der Waals surface area contributed by atoms with Gasteiger partial charge in [-0.15, -0.1) is 0 Å². The highest BCUT2D eigenvalue weighted by molar-refractivity contribution is 5.20. The molecule has 1 nitrogen and oxygen atoms in total. The second kappa shape index (κ2) is 7.62. The van der Waals surface area contributed by atoms with Gasteiger partial charge in [0.05, 0.1) is 6.07 Å². The van der Waals surface area contributed by atoms with Gasteiger partial charge in [-0.05, 0) is 25.7 Å². The summed E-state index contributed by atoms with van der Waals surface area (Å²) in [7, 11) is 0. The van der Waals surface area contributed by atoms with Crippen molar-refractivity contribution in [3.8, 4) is 6.07 Å². The van der Waals surface area contributed by atoms with Gasteiger partial charge in [-0.2, -0.15) is 5.26 Å². The van der Waals surface area contributed by atoms with Crippen molar-refractivity contribution in [2.45, 2.75) is 64.2 Å². The first-order valence-electron chi connectivity index (χ1n) is 6.02. The largest absolute Gasteiger partial charge is 0.193 e. The fourth-order valence-corrected chi connectivity index (χ4v) is 2.00. The third kappa shape index (κ3) is 5.07. The summed E-state index contributed by atoms with van der Waals surface area (Å²) >= 11 is 0. The molecule has 0 aromatic rings. The Kier molecular flexibility index (Phi) is 6.15. The number of allylic oxidation sites excluding steroid dienone is 2. The lowest BCUT2D eigenvalue weighted by atomic mass is 10.0. The molecule has 0 radical (unpaired) electrons. The van der Waals surface area contributed by atoms with Gasteiger partial charge >= 0.3 is 0 Å². The Hall–Kier alpha value is -0.770. The molecule has 0 unspecified atom stereocenters. The summed E-state index contributed by atoms with van der Waals surface area (Å²) in [4.78, 5) is 0. The molecule has 0 atom stereocenters. The first kappa shape index (κ1) is 11.3. The van der Waals surface area contributed by atoms with Crippen molar-refractivity contribution in [3.05, 3.63) is 11.6 Å². The molecule has 78 valence electrons. The van der Waals surface area contributed by atoms with Gasteiger partial charge in [-0.3, -0.25) is 0 Å². The van der Waals surface area contributed by atoms with Crippen LogP contribution in [0.25, 0.3) is 0 Å². The normalized spacial score (nSPS) is 24.9. The number of hydrogen-bond donors (Lipinski definition) is 0. The Morgan fingerprint density at radius 1 is 0.857 bits per heavy atom. The number of hydrogen-bond acceptors (Lipinski definition) is 1. The Bertz CT molecular complexity index is 210. The highest BCUT2D eigenvalue weighted by atomic mass is 14.2. The first-order valence-corrected chi connectivity index (χ1v) is 6.02. The predicted molar refractivity (Wildman–Crippen MR) is 59.9 cm³/mol. The van der Waals surface area contributed by atoms with Gasteiger partial charge in [0, 0.05) is 5.57 Å². The summed E-state index contributed by atoms with van der Waals surface area (Å²) in [6.45, 7) is 0. The van der Waals surface area contributed by atoms with E-state index < -0.39 is 0 Å². The van der Waals surface area contributed by atoms with Gasteiger partial charge < -0.3 is 0 Å². The third-order valence-corrected chi connectivity index (χ3v) is 2.93. The molecule has 1 aliphatic rings. The van der Waals surface area contributed by atoms with Gasteiger partial charge in [0.1, 0.15) is 0 Å². The third-order valence-electron chi connectivity index (χ3n) is 2.93. The summed E-state index contributed by atoms with van der Waals surface area (Å²) in [6.07, 6.45) is 15.0. The first-order chi connectivity index (χ1) is 6.93. The van der Waals surface area contributed by atoms with Crippen molar-refractivity contribution >= 4 is 0 Å². The molecule has 0 saturated carbocycles. The number of rotatable bonds is 0. The molecular weight excluding hydrogens is 170 g/mol. The molecule has 1 heteroatoms. The van der Waals surface area contributed by atoms with Crippen LogP contribution in [0.1, 0.15) is 64.2 Å². The van der Waals surface area contributed by atoms with Crippen LogP contribution in [-0.2, 0) is 0 Å². The average molecular weight is 191 g/mol. The molecule has 1 rings (SSSR count). The topological polar surface area (TPSA) is 23.8 Å². The SMILES string of the molecule is N#C/C1=C\CCCCCCCCCC1. The fraction of sp³-hybridized carbons (Fsp3) is 0.769. The number of nitriles is 1. The monoisotopic (exact) mass is 191 g/mol. The molecule has 0 fully saturated rings. The maximum absolute atomic E-state index is 8.88. The van der Waals surface area contributed by atoms with Crippen molar-refractivity contribution in [3.63, 3.8) is 0 Å². The minimum Gasteiger partial charge on any atom is -0.193 e. The quantitative estimate of drug-likeness (QED) is 0.558. The van der Waals surface area contributed by atoms with E-state index in [1.54, 1.807) is 0 Å². The molecule has 14 heavy (non-hydrogen) atoms. The van der Waals surface area contributed by atoms with Crippen LogP contribution in [-0.4, -0.2) is 0 Å². The van der Waals surface area contributed by atoms with Crippen LogP contribution in [0, 0.1) is 11.3 Å². The van der Waals surface area contributed by atoms with Crippen LogP contribution in [0.15, 0.2) is 11.6 Å². The van der Waals surface area contributed by atoms with Crippen LogP contribution in [0.3, 0.4) is 0 Å². The zero-order valence-electron chi connectivity index (χ0n) is 9.10. The van der Waals surface area contributed by atoms with Gasteiger partial charge in [-0.1, -0.05) is 44.6 Å². The minimum absolute atomic E-state index is 1.01. The molecule has 0 N–H and O–H groups in total. The molecule has 0 aromatic heterocycles. The van der Waals surface area contributed by atoms with E-state index in [0.29, 0.717) is 0 Å². The fourth-order valence-electron chi connectivity index (χ4n) is 2.00. The second-order valence-corrected chi connectivity index (χ2v) is 4.21. The molecule has 0 aliphatic heterocycles. The summed E-state index contributed by atoms with van der Waals surface area (Å²) in [6, 6.07) is 2.32. The molecular formula is C13H21N. The van der Waals surface area contributed by atoms with Crippen LogP contribution in [0.2, 0.25) is 0 Å². The van der Waals surface area contributed by atoms with Gasteiger partial charge in [0.25, 0.3) is 0 Å². The van der Waals surface area contributed by atoms with Crippen LogP contribution >= 0.6 is 0 Å². The van der Waals surface area contributed by atoms with E-state index in [2.05, 4.69) is 12.1 Å². The van der Waals surface area contributed by atoms with Crippen molar-refractivity contribution in [2.24, 2.45) is 0 Å². The smallest absolute Gasteiger partial charge is 0.0943 e. The highest BCUT2D eigenvalue weighted by Crippen LogP contribution is 2.16. The zero-order chi connectivity index (χ0) is 10.1. The van der Waals surface area contributed by atoms with Gasteiger partial charge in [0.15, 0.2) is 0 Å². The Morgan fingerprint density at radius 2 is 1.43 bits per heavy atom. The molecule has 0 amide bonds. The lowest BCUT2D eigenvalue weighted by molar-refractivity contribution is 0.564. The molecule has 1 aliphatic carbocycles. The standard InChI is InChI=1S/C13H21N/c14-12-13-10-8-6-4-2-1-3-5-7-9-11-13/h10H,1-9,11H2/b13-10-. The van der Waals surface area contributed by atoms with E-state index in [0.717, 1.165) is 18.4 Å². The molecule has 0 heterocycles. The molecule has 0 spiro atoms. The molecule has 0 aromatic carbocycles. The zero-order valence-corrected chi connectivity index (χ0v) is 9.10. The van der Waals surface area contributed by atoms with Crippen molar-refractivity contribution in [1.82, 2.24) is 0 Å². The Balaban J connectivity index is 2.34. The summed E-state index contributed by atoms with van der Waals surface area (Å²) in [5.41, 5.74) is 1.02. The van der Waals surface area contributed by atoms with Crippen molar-refractivity contribution < 1.29 is 0 Å². The summed E-state index contributed by atoms with van der Waals surface area (Å²) in [5.74, 6) is 0. The van der Waals surface area contributed by atoms with Crippen LogP contribution in [0.5, 0.6) is 0 Å². The second-order valence-electron chi connectivity index (χ2n) is 4.21. The van der Waals surface area contributed by atoms with E-state index in [4.69, 9.17) is 5.26 Å². The Labute approximate surface area is 87.8 Å². The van der Waals surface area contributed by atoms with E-state index in [9.17, 15) is 0 Å². The van der Waals surface area contributed by atoms with E-state index in [-0.39, 0.29) is 0 Å². The van der Waals surface area contributed by atoms with E-state index >= 15 is 0 Å². The Morgan fingerprint density at radius 3 is 2.07 bits per heavy atom. The molecule has 0 saturated heterocycles. The van der Waals surface area contributed by atoms with Crippen molar-refractivity contribution in [1.29, 1.82) is 5.26 Å². The maximum Gasteiger partial charge on any atom is 0.0943 e. The van der Waals surface area contributed by atoms with Gasteiger partial charge in [0.2, 0.25) is 0 Å². The minimum atomic E-state index is 1.01. The van der Waals surface area contributed by atoms with E-state index in [1.807, 2.05) is 0 Å². The maximum atomic E-state index is 8.88. The lowest BCUT2D eigenvalue weighted by Gasteiger charge is -2.04. The highest BCUT2D eigenvalue weighted by Gasteiger charge is 1.98. The van der Waals surface area contributed by atoms with Gasteiger partial charge in [-0.25, -0.2) is 0 Å². The average Bonchev–Trinajstić information content (AvgIpc) is 2.19. The summed E-state index contributed by atoms with van der Waals surface area (Å²) in [5, 5.41) is 8.88. The summed E-state index contributed by atoms with van der Waals surface area (Å²) < 4.78 is 0. The molecule has 0 bridgehead atoms. The van der Waals surface area contributed by atoms with E-state index in [1.165, 1.54) is 51.4 Å². The number of nitrogens with zero attached hydrogens (tertiary/aromatic N) is 1. The van der Waals surface area contributed by atoms with Crippen molar-refractivity contribution in [2.75, 3.05) is 0 Å². The predicted octanol–water partition coefficient (Wildman–Crippen LogP) is 4.35.